The molecule has 2 rings (SSSR count). The second-order valence-corrected chi connectivity index (χ2v) is 7.86. The molecule has 0 radical (unpaired) electrons. The van der Waals surface area contributed by atoms with Gasteiger partial charge in [-0.3, -0.25) is 0 Å². The molecule has 2 heteroatoms. The Kier molecular flexibility index (Phi) is 10.4. The molecule has 0 aliphatic carbocycles. The van der Waals surface area contributed by atoms with Gasteiger partial charge in [-0.15, -0.1) is 0 Å². The Labute approximate surface area is 171 Å². The topological polar surface area (TPSA) is 37.3 Å². The van der Waals surface area contributed by atoms with Crippen LogP contribution in [0.25, 0.3) is 11.1 Å². The maximum atomic E-state index is 10.9. The van der Waals surface area contributed by atoms with E-state index in [1.54, 1.807) is 12.1 Å². The summed E-state index contributed by atoms with van der Waals surface area (Å²) >= 11 is 0. The summed E-state index contributed by atoms with van der Waals surface area (Å²) in [6.45, 7) is 2.27. The number of aromatic carboxylic acids is 1. The summed E-state index contributed by atoms with van der Waals surface area (Å²) in [5.41, 5.74) is 3.92. The standard InChI is InChI=1S/C26H36O2/c1-2-3-4-5-6-7-8-9-10-11-12-13-22-14-16-23(17-15-22)24-18-20-25(21-19-24)26(27)28/h14-21H,2-13H2,1H3,(H,27,28). The highest BCUT2D eigenvalue weighted by molar-refractivity contribution is 5.88. The highest BCUT2D eigenvalue weighted by Gasteiger charge is 2.03. The highest BCUT2D eigenvalue weighted by Crippen LogP contribution is 2.21. The summed E-state index contributed by atoms with van der Waals surface area (Å²) in [4.78, 5) is 10.9. The Hall–Kier alpha value is -2.09. The zero-order valence-corrected chi connectivity index (χ0v) is 17.5. The van der Waals surface area contributed by atoms with Crippen molar-refractivity contribution >= 4 is 5.97 Å². The van der Waals surface area contributed by atoms with Crippen LogP contribution in [-0.2, 0) is 6.42 Å². The lowest BCUT2D eigenvalue weighted by Crippen LogP contribution is -1.95. The molecule has 0 saturated heterocycles. The van der Waals surface area contributed by atoms with Crippen LogP contribution in [0.4, 0.5) is 0 Å². The normalized spacial score (nSPS) is 10.9. The van der Waals surface area contributed by atoms with Crippen LogP contribution < -0.4 is 0 Å². The molecule has 28 heavy (non-hydrogen) atoms. The summed E-state index contributed by atoms with van der Waals surface area (Å²) in [7, 11) is 0. The Morgan fingerprint density at radius 1 is 0.643 bits per heavy atom. The number of carboxylic acid groups (broad SMARTS) is 1. The first-order chi connectivity index (χ1) is 13.7. The van der Waals surface area contributed by atoms with E-state index in [1.165, 1.54) is 76.2 Å². The average molecular weight is 381 g/mol. The van der Waals surface area contributed by atoms with E-state index in [-0.39, 0.29) is 0 Å². The van der Waals surface area contributed by atoms with E-state index in [4.69, 9.17) is 5.11 Å². The molecule has 0 heterocycles. The van der Waals surface area contributed by atoms with E-state index >= 15 is 0 Å². The molecule has 1 N–H and O–H groups in total. The lowest BCUT2D eigenvalue weighted by Gasteiger charge is -2.06. The van der Waals surface area contributed by atoms with Gasteiger partial charge in [0.05, 0.1) is 5.56 Å². The van der Waals surface area contributed by atoms with Gasteiger partial charge in [-0.2, -0.15) is 0 Å². The molecule has 0 spiro atoms. The van der Waals surface area contributed by atoms with Crippen LogP contribution in [0.15, 0.2) is 48.5 Å². The molecule has 152 valence electrons. The van der Waals surface area contributed by atoms with Crippen LogP contribution in [-0.4, -0.2) is 11.1 Å². The molecule has 2 aromatic rings. The van der Waals surface area contributed by atoms with Crippen molar-refractivity contribution in [1.29, 1.82) is 0 Å². The van der Waals surface area contributed by atoms with E-state index in [0.29, 0.717) is 5.56 Å². The van der Waals surface area contributed by atoms with E-state index in [2.05, 4.69) is 31.2 Å². The van der Waals surface area contributed by atoms with E-state index in [1.807, 2.05) is 12.1 Å². The number of hydrogen-bond acceptors (Lipinski definition) is 1. The number of unbranched alkanes of at least 4 members (excludes halogenated alkanes) is 10. The third kappa shape index (κ3) is 8.29. The van der Waals surface area contributed by atoms with Gasteiger partial charge in [-0.1, -0.05) is 108 Å². The molecule has 0 atom stereocenters. The smallest absolute Gasteiger partial charge is 0.335 e. The molecule has 0 fully saturated rings. The molecule has 0 aliphatic heterocycles. The van der Waals surface area contributed by atoms with Gasteiger partial charge < -0.3 is 5.11 Å². The predicted molar refractivity (Wildman–Crippen MR) is 119 cm³/mol. The average Bonchev–Trinajstić information content (AvgIpc) is 2.72. The van der Waals surface area contributed by atoms with Crippen LogP contribution in [0.3, 0.4) is 0 Å². The van der Waals surface area contributed by atoms with Crippen LogP contribution in [0, 0.1) is 0 Å². The largest absolute Gasteiger partial charge is 0.478 e. The number of carboxylic acids is 1. The van der Waals surface area contributed by atoms with E-state index < -0.39 is 5.97 Å². The van der Waals surface area contributed by atoms with Gasteiger partial charge in [-0.05, 0) is 41.7 Å². The first-order valence-electron chi connectivity index (χ1n) is 11.1. The van der Waals surface area contributed by atoms with Gasteiger partial charge in [0.1, 0.15) is 0 Å². The van der Waals surface area contributed by atoms with Gasteiger partial charge in [0.25, 0.3) is 0 Å². The predicted octanol–water partition coefficient (Wildman–Crippen LogP) is 7.91. The van der Waals surface area contributed by atoms with Crippen molar-refractivity contribution < 1.29 is 9.90 Å². The van der Waals surface area contributed by atoms with Crippen molar-refractivity contribution in [2.24, 2.45) is 0 Å². The Balaban J connectivity index is 1.59. The van der Waals surface area contributed by atoms with Crippen molar-refractivity contribution in [3.05, 3.63) is 59.7 Å². The molecule has 0 saturated carbocycles. The first kappa shape index (κ1) is 22.2. The summed E-state index contributed by atoms with van der Waals surface area (Å²) in [5.74, 6) is -0.881. The summed E-state index contributed by atoms with van der Waals surface area (Å²) in [5, 5.41) is 8.99. The second-order valence-electron chi connectivity index (χ2n) is 7.86. The minimum absolute atomic E-state index is 0.330. The minimum Gasteiger partial charge on any atom is -0.478 e. The maximum Gasteiger partial charge on any atom is 0.335 e. The van der Waals surface area contributed by atoms with Crippen LogP contribution >= 0.6 is 0 Å². The van der Waals surface area contributed by atoms with Crippen molar-refractivity contribution in [3.8, 4) is 11.1 Å². The van der Waals surface area contributed by atoms with Crippen molar-refractivity contribution in [2.45, 2.75) is 84.0 Å². The van der Waals surface area contributed by atoms with Crippen LogP contribution in [0.5, 0.6) is 0 Å². The summed E-state index contributed by atoms with van der Waals surface area (Å²) in [6.07, 6.45) is 16.3. The molecule has 0 aliphatic rings. The highest BCUT2D eigenvalue weighted by atomic mass is 16.4. The molecule has 0 aromatic heterocycles. The molecular formula is C26H36O2. The maximum absolute atomic E-state index is 10.9. The zero-order valence-electron chi connectivity index (χ0n) is 17.5. The fraction of sp³-hybridized carbons (Fsp3) is 0.500. The first-order valence-corrected chi connectivity index (χ1v) is 11.1. The third-order valence-electron chi connectivity index (χ3n) is 5.49. The fourth-order valence-electron chi connectivity index (χ4n) is 3.66. The Morgan fingerprint density at radius 2 is 1.07 bits per heavy atom. The number of hydrogen-bond donors (Lipinski definition) is 1. The van der Waals surface area contributed by atoms with Gasteiger partial charge in [0.15, 0.2) is 0 Å². The van der Waals surface area contributed by atoms with Gasteiger partial charge >= 0.3 is 5.97 Å². The number of carbonyl (C=O) groups is 1. The molecule has 0 unspecified atom stereocenters. The van der Waals surface area contributed by atoms with Gasteiger partial charge in [0, 0.05) is 0 Å². The van der Waals surface area contributed by atoms with E-state index in [0.717, 1.165) is 17.5 Å². The molecule has 0 amide bonds. The number of benzene rings is 2. The van der Waals surface area contributed by atoms with Crippen LogP contribution in [0.1, 0.15) is 93.5 Å². The molecule has 0 bridgehead atoms. The Bertz CT molecular complexity index is 671. The SMILES string of the molecule is CCCCCCCCCCCCCc1ccc(-c2ccc(C(=O)O)cc2)cc1. The summed E-state index contributed by atoms with van der Waals surface area (Å²) < 4.78 is 0. The van der Waals surface area contributed by atoms with Crippen molar-refractivity contribution in [3.63, 3.8) is 0 Å². The van der Waals surface area contributed by atoms with Gasteiger partial charge in [0.2, 0.25) is 0 Å². The zero-order chi connectivity index (χ0) is 20.0. The Morgan fingerprint density at radius 3 is 1.54 bits per heavy atom. The van der Waals surface area contributed by atoms with Crippen LogP contribution in [0.2, 0.25) is 0 Å². The molecule has 2 nitrogen and oxygen atoms in total. The monoisotopic (exact) mass is 380 g/mol. The molecular weight excluding hydrogens is 344 g/mol. The van der Waals surface area contributed by atoms with Crippen molar-refractivity contribution in [2.75, 3.05) is 0 Å². The lowest BCUT2D eigenvalue weighted by molar-refractivity contribution is 0.0697. The molecule has 2 aromatic carbocycles. The van der Waals surface area contributed by atoms with Gasteiger partial charge in [-0.25, -0.2) is 4.79 Å². The summed E-state index contributed by atoms with van der Waals surface area (Å²) in [6, 6.07) is 15.8. The third-order valence-corrected chi connectivity index (χ3v) is 5.49. The fourth-order valence-corrected chi connectivity index (χ4v) is 3.66. The van der Waals surface area contributed by atoms with E-state index in [9.17, 15) is 4.79 Å². The lowest BCUT2D eigenvalue weighted by atomic mass is 10.00. The second kappa shape index (κ2) is 13.1. The quantitative estimate of drug-likeness (QED) is 0.338. The van der Waals surface area contributed by atoms with Crippen molar-refractivity contribution in [1.82, 2.24) is 0 Å². The number of rotatable bonds is 14. The minimum atomic E-state index is -0.881. The number of aryl methyl sites for hydroxylation is 1.